The molecule has 0 aromatic heterocycles. The maximum absolute atomic E-state index is 14.7. The Hall–Kier alpha value is -8.56. The number of carbonyl (C=O) groups is 3. The molecule has 9 aromatic rings. The first-order valence-electron chi connectivity index (χ1n) is 25.1. The van der Waals surface area contributed by atoms with Crippen molar-refractivity contribution in [2.45, 2.75) is 58.7 Å². The lowest BCUT2D eigenvalue weighted by molar-refractivity contribution is -0.134. The molecular formula is C64H45F3O9S2. The number of benzene rings is 9. The van der Waals surface area contributed by atoms with Gasteiger partial charge >= 0.3 is 33.5 Å². The summed E-state index contributed by atoms with van der Waals surface area (Å²) >= 11 is 0. The zero-order valence-electron chi connectivity index (χ0n) is 41.4. The third kappa shape index (κ3) is 9.46. The lowest BCUT2D eigenvalue weighted by atomic mass is 9.99. The molecule has 0 bridgehead atoms. The fourth-order valence-electron chi connectivity index (χ4n) is 10.9. The van der Waals surface area contributed by atoms with Crippen molar-refractivity contribution in [3.05, 3.63) is 250 Å². The molecule has 388 valence electrons. The van der Waals surface area contributed by atoms with Crippen LogP contribution in [0.3, 0.4) is 0 Å². The Labute approximate surface area is 449 Å². The SMILES string of the molecule is O=C(Cc1cccc2c1Cc1ccccc1-2)Oc1ccc(S(OS(=O)(=O)C(F)(F)F)(c2ccc(OC(=O)Cc3cccc4c3Cc3ccccc3-4)cc2)c2ccc(OC(=O)Cc3cccc4c3Cc3ccccc3-4)cc2)cc1. The molecule has 0 aliphatic heterocycles. The topological polar surface area (TPSA) is 122 Å². The zero-order chi connectivity index (χ0) is 53.8. The first-order chi connectivity index (χ1) is 37.7. The molecule has 0 atom stereocenters. The molecule has 0 amide bonds. The van der Waals surface area contributed by atoms with Crippen LogP contribution in [0.2, 0.25) is 0 Å². The molecule has 78 heavy (non-hydrogen) atoms. The molecule has 9 aromatic carbocycles. The highest BCUT2D eigenvalue weighted by Gasteiger charge is 2.52. The predicted molar refractivity (Wildman–Crippen MR) is 290 cm³/mol. The number of halogens is 3. The minimum absolute atomic E-state index is 0.0389. The molecule has 12 rings (SSSR count). The van der Waals surface area contributed by atoms with Gasteiger partial charge in [0.05, 0.1) is 19.3 Å². The number of rotatable bonds is 14. The maximum Gasteiger partial charge on any atom is 0.524 e. The van der Waals surface area contributed by atoms with Crippen LogP contribution in [-0.2, 0) is 66.7 Å². The fraction of sp³-hybridized carbons (Fsp3) is 0.109. The Bertz CT molecular complexity index is 3610. The Kier molecular flexibility index (Phi) is 13.0. The van der Waals surface area contributed by atoms with E-state index in [1.165, 1.54) is 72.8 Å². The van der Waals surface area contributed by atoms with Crippen LogP contribution in [0.25, 0.3) is 33.4 Å². The molecule has 0 spiro atoms. The molecule has 3 aliphatic carbocycles. The molecule has 0 saturated heterocycles. The van der Waals surface area contributed by atoms with Crippen LogP contribution in [-0.4, -0.2) is 31.8 Å². The van der Waals surface area contributed by atoms with Crippen LogP contribution in [0, 0.1) is 0 Å². The van der Waals surface area contributed by atoms with Crippen LogP contribution in [0.4, 0.5) is 13.2 Å². The summed E-state index contributed by atoms with van der Waals surface area (Å²) in [5.41, 5.74) is 9.36. The second kappa shape index (κ2) is 20.1. The van der Waals surface area contributed by atoms with E-state index in [1.807, 2.05) is 127 Å². The van der Waals surface area contributed by atoms with E-state index in [0.29, 0.717) is 19.3 Å². The van der Waals surface area contributed by atoms with Crippen LogP contribution in [0.1, 0.15) is 50.1 Å². The minimum Gasteiger partial charge on any atom is -0.426 e. The van der Waals surface area contributed by atoms with Gasteiger partial charge in [0.1, 0.15) is 17.2 Å². The van der Waals surface area contributed by atoms with E-state index in [-0.39, 0.29) is 51.2 Å². The Morgan fingerprint density at radius 3 is 0.949 bits per heavy atom. The van der Waals surface area contributed by atoms with Gasteiger partial charge in [-0.15, -0.1) is 0 Å². The number of hydrogen-bond acceptors (Lipinski definition) is 9. The molecule has 0 N–H and O–H groups in total. The summed E-state index contributed by atoms with van der Waals surface area (Å²) in [7, 11) is -10.4. The quantitative estimate of drug-likeness (QED) is 0.0595. The Balaban J connectivity index is 0.853. The van der Waals surface area contributed by atoms with Gasteiger partial charge in [-0.3, -0.25) is 14.4 Å². The van der Waals surface area contributed by atoms with Gasteiger partial charge in [0, 0.05) is 14.7 Å². The molecule has 0 saturated carbocycles. The van der Waals surface area contributed by atoms with Crippen molar-refractivity contribution in [3.63, 3.8) is 0 Å². The molecular weight excluding hydrogens is 1030 g/mol. The summed E-state index contributed by atoms with van der Waals surface area (Å²) < 4.78 is 93.9. The lowest BCUT2D eigenvalue weighted by Gasteiger charge is -2.39. The highest BCUT2D eigenvalue weighted by Crippen LogP contribution is 2.71. The number of hydrogen-bond donors (Lipinski definition) is 0. The predicted octanol–water partition coefficient (Wildman–Crippen LogP) is 13.9. The van der Waals surface area contributed by atoms with Crippen molar-refractivity contribution in [1.29, 1.82) is 0 Å². The molecule has 0 heterocycles. The second-order valence-electron chi connectivity index (χ2n) is 19.2. The number of esters is 3. The standard InChI is InChI=1S/C64H45F3O9S2/c65-64(66,67)78(71,72)76-77(49-28-22-46(23-29-49)73-61(68)37-43-13-7-19-55-52-16-4-1-10-40(52)34-58(43)55,50-30-24-47(25-31-50)74-62(69)38-44-14-8-20-56-53-17-5-2-11-41(53)35-59(44)56)51-32-26-48(27-33-51)75-63(70)39-45-15-9-21-57-54-18-6-3-12-42(54)36-60(45)57/h1-33H,34-39H2. The third-order valence-corrected chi connectivity index (χ3v) is 19.4. The number of fused-ring (bicyclic) bond motifs is 9. The van der Waals surface area contributed by atoms with Gasteiger partial charge in [-0.1, -0.05) is 127 Å². The summed E-state index contributed by atoms with van der Waals surface area (Å²) in [6, 6.07) is 57.5. The smallest absolute Gasteiger partial charge is 0.426 e. The average molecular weight is 1080 g/mol. The average Bonchev–Trinajstić information content (AvgIpc) is 4.27. The minimum atomic E-state index is -6.38. The van der Waals surface area contributed by atoms with Gasteiger partial charge in [0.15, 0.2) is 0 Å². The number of carbonyl (C=O) groups excluding carboxylic acids is 3. The molecule has 0 radical (unpaired) electrons. The van der Waals surface area contributed by atoms with Gasteiger partial charge < -0.3 is 14.2 Å². The summed E-state index contributed by atoms with van der Waals surface area (Å²) in [6.45, 7) is 0. The van der Waals surface area contributed by atoms with E-state index < -0.39 is 43.8 Å². The summed E-state index contributed by atoms with van der Waals surface area (Å²) in [5.74, 6) is -1.67. The van der Waals surface area contributed by atoms with Gasteiger partial charge in [-0.25, -0.2) is 0 Å². The highest BCUT2D eigenvalue weighted by molar-refractivity contribution is 8.33. The highest BCUT2D eigenvalue weighted by atomic mass is 32.3. The van der Waals surface area contributed by atoms with Crippen molar-refractivity contribution in [2.24, 2.45) is 0 Å². The largest absolute Gasteiger partial charge is 0.524 e. The molecule has 0 unspecified atom stereocenters. The van der Waals surface area contributed by atoms with Gasteiger partial charge in [-0.05, 0) is 186 Å². The second-order valence-corrected chi connectivity index (χ2v) is 23.7. The maximum atomic E-state index is 14.7. The van der Waals surface area contributed by atoms with Crippen LogP contribution in [0.15, 0.2) is 215 Å². The number of alkyl halides is 3. The molecule has 0 fully saturated rings. The van der Waals surface area contributed by atoms with E-state index in [1.54, 1.807) is 0 Å². The van der Waals surface area contributed by atoms with Crippen molar-refractivity contribution in [3.8, 4) is 50.6 Å². The van der Waals surface area contributed by atoms with Crippen LogP contribution < -0.4 is 14.2 Å². The summed E-state index contributed by atoms with van der Waals surface area (Å²) in [5, 5.41) is 0. The monoisotopic (exact) mass is 1080 g/mol. The van der Waals surface area contributed by atoms with E-state index >= 15 is 0 Å². The van der Waals surface area contributed by atoms with Gasteiger partial charge in [-0.2, -0.15) is 25.2 Å². The van der Waals surface area contributed by atoms with Crippen molar-refractivity contribution >= 4 is 38.3 Å². The first kappa shape index (κ1) is 50.3. The number of ether oxygens (including phenoxy) is 3. The van der Waals surface area contributed by atoms with E-state index in [4.69, 9.17) is 17.8 Å². The normalized spacial score (nSPS) is 13.1. The van der Waals surface area contributed by atoms with E-state index in [9.17, 15) is 36.0 Å². The Morgan fingerprint density at radius 2 is 0.654 bits per heavy atom. The van der Waals surface area contributed by atoms with E-state index in [2.05, 4.69) is 0 Å². The van der Waals surface area contributed by atoms with Crippen molar-refractivity contribution in [1.82, 2.24) is 0 Å². The molecule has 3 aliphatic rings. The molecule has 9 nitrogen and oxygen atoms in total. The van der Waals surface area contributed by atoms with Crippen LogP contribution >= 0.6 is 10.3 Å². The van der Waals surface area contributed by atoms with Gasteiger partial charge in [0.2, 0.25) is 0 Å². The first-order valence-corrected chi connectivity index (χ1v) is 28.0. The fourth-order valence-corrected chi connectivity index (χ4v) is 15.6. The van der Waals surface area contributed by atoms with Crippen molar-refractivity contribution < 1.29 is 53.8 Å². The van der Waals surface area contributed by atoms with E-state index in [0.717, 1.165) is 83.5 Å². The lowest BCUT2D eigenvalue weighted by Crippen LogP contribution is -2.27. The zero-order valence-corrected chi connectivity index (χ0v) is 43.1. The van der Waals surface area contributed by atoms with Gasteiger partial charge in [0.25, 0.3) is 0 Å². The Morgan fingerprint density at radius 1 is 0.372 bits per heavy atom. The summed E-state index contributed by atoms with van der Waals surface area (Å²) in [4.78, 5) is 40.6. The summed E-state index contributed by atoms with van der Waals surface area (Å²) in [6.07, 6.45) is 1.74. The van der Waals surface area contributed by atoms with Crippen molar-refractivity contribution in [2.75, 3.05) is 0 Å². The van der Waals surface area contributed by atoms with Crippen LogP contribution in [0.5, 0.6) is 17.2 Å². The molecule has 14 heteroatoms. The third-order valence-electron chi connectivity index (χ3n) is 14.5.